The first kappa shape index (κ1) is 17.3. The van der Waals surface area contributed by atoms with Crippen molar-refractivity contribution in [2.45, 2.75) is 0 Å². The summed E-state index contributed by atoms with van der Waals surface area (Å²) < 4.78 is 8.28. The average Bonchev–Trinajstić information content (AvgIpc) is 1.00. The molecule has 0 aromatic carbocycles. The molecule has 0 fully saturated rings. The summed E-state index contributed by atoms with van der Waals surface area (Å²) in [6, 6.07) is 0. The molecule has 4 heavy (non-hydrogen) atoms. The van der Waals surface area contributed by atoms with Crippen LogP contribution in [0, 0.1) is 0 Å². The molecule has 0 aliphatic carbocycles. The van der Waals surface area contributed by atoms with E-state index in [-0.39, 0.29) is 49.8 Å². The third-order valence-corrected chi connectivity index (χ3v) is 0. The van der Waals surface area contributed by atoms with E-state index >= 15 is 0 Å². The third-order valence-electron chi connectivity index (χ3n) is 0. The predicted octanol–water partition coefficient (Wildman–Crippen LogP) is -3.14. The molecule has 24 valence electrons. The molecule has 1 nitrogen and oxygen atoms in total. The van der Waals surface area contributed by atoms with Crippen LogP contribution in [0.4, 0.5) is 0 Å². The van der Waals surface area contributed by atoms with Crippen LogP contribution in [0.2, 0.25) is 0 Å². The Morgan fingerprint density at radius 1 is 1.25 bits per heavy atom. The molecule has 0 aliphatic rings. The molecule has 2 radical (unpaired) electrons. The summed E-state index contributed by atoms with van der Waals surface area (Å²) >= 11 is 0. The molecule has 0 rings (SSSR count). The van der Waals surface area contributed by atoms with E-state index in [1.165, 1.54) is 0 Å². The van der Waals surface area contributed by atoms with E-state index in [9.17, 15) is 0 Å². The summed E-state index contributed by atoms with van der Waals surface area (Å²) in [6.07, 6.45) is 0. The molecule has 0 N–H and O–H groups in total. The molecule has 0 unspecified atom stereocenters. The Labute approximate surface area is 63.8 Å². The first-order valence-corrected chi connectivity index (χ1v) is 0.866. The van der Waals surface area contributed by atoms with Gasteiger partial charge in [-0.1, -0.05) is 0 Å². The zero-order chi connectivity index (χ0) is 2.00. The van der Waals surface area contributed by atoms with Gasteiger partial charge in [0.15, 0.2) is 0 Å². The Hall–Kier alpha value is 1.69. The van der Waals surface area contributed by atoms with Crippen molar-refractivity contribution >= 4 is 59.9 Å². The summed E-state index contributed by atoms with van der Waals surface area (Å²) in [4.78, 5) is 0. The molecule has 0 aromatic rings. The van der Waals surface area contributed by atoms with E-state index in [4.69, 9.17) is 4.46 Å². The molecule has 0 spiro atoms. The SMILES string of the molecule is O=[SiH2].[InH3].[SnH2]. The van der Waals surface area contributed by atoms with Crippen molar-refractivity contribution < 1.29 is 4.46 Å². The van der Waals surface area contributed by atoms with E-state index in [1.807, 2.05) is 0 Å². The molecule has 0 saturated heterocycles. The van der Waals surface area contributed by atoms with Crippen molar-refractivity contribution in [3.05, 3.63) is 0 Å². The minimum absolute atomic E-state index is 0. The summed E-state index contributed by atoms with van der Waals surface area (Å²) in [5.41, 5.74) is 0. The van der Waals surface area contributed by atoms with Crippen molar-refractivity contribution in [3.63, 3.8) is 0 Å². The molecule has 0 amide bonds. The second kappa shape index (κ2) is 22.4. The monoisotopic (exact) mass is 286 g/mol. The van der Waals surface area contributed by atoms with E-state index in [1.54, 1.807) is 0 Å². The Bertz CT molecular complexity index is 8.00. The third kappa shape index (κ3) is 9.36. The number of hydrogen-bond acceptors (Lipinski definition) is 1. The van der Waals surface area contributed by atoms with Crippen molar-refractivity contribution in [2.75, 3.05) is 0 Å². The Morgan fingerprint density at radius 3 is 1.25 bits per heavy atom. The Kier molecular flexibility index (Phi) is 96.9. The Morgan fingerprint density at radius 2 is 1.25 bits per heavy atom. The van der Waals surface area contributed by atoms with Gasteiger partial charge in [-0.25, -0.2) is 0 Å². The molecular formula is H7InOSiSn. The molecule has 0 heterocycles. The van der Waals surface area contributed by atoms with Gasteiger partial charge in [-0.15, -0.1) is 0 Å². The van der Waals surface area contributed by atoms with Crippen molar-refractivity contribution in [1.82, 2.24) is 0 Å². The van der Waals surface area contributed by atoms with Crippen molar-refractivity contribution in [2.24, 2.45) is 0 Å². The van der Waals surface area contributed by atoms with Gasteiger partial charge in [0.25, 0.3) is 0 Å². The minimum atomic E-state index is 0. The van der Waals surface area contributed by atoms with Gasteiger partial charge in [-0.2, -0.15) is 0 Å². The van der Waals surface area contributed by atoms with Gasteiger partial charge >= 0.3 is 49.8 Å². The topological polar surface area (TPSA) is 17.1 Å². The quantitative estimate of drug-likeness (QED) is 0.430. The summed E-state index contributed by atoms with van der Waals surface area (Å²) in [7, 11) is 0.611. The van der Waals surface area contributed by atoms with Gasteiger partial charge in [-0.3, -0.25) is 0 Å². The Balaban J connectivity index is -0.00000000500. The first-order chi connectivity index (χ1) is 1.00. The molecule has 0 atom stereocenters. The summed E-state index contributed by atoms with van der Waals surface area (Å²) in [5.74, 6) is 0. The second-order valence-electron chi connectivity index (χ2n) is 0. The van der Waals surface area contributed by atoms with Crippen LogP contribution in [0.5, 0.6) is 0 Å². The molecule has 0 saturated carbocycles. The number of rotatable bonds is 0. The fourth-order valence-electron chi connectivity index (χ4n) is 0. The van der Waals surface area contributed by atoms with Gasteiger partial charge < -0.3 is 4.46 Å². The van der Waals surface area contributed by atoms with Crippen molar-refractivity contribution in [1.29, 1.82) is 0 Å². The van der Waals surface area contributed by atoms with Crippen LogP contribution in [0.1, 0.15) is 0 Å². The summed E-state index contributed by atoms with van der Waals surface area (Å²) in [5, 5.41) is 0. The van der Waals surface area contributed by atoms with Crippen LogP contribution in [0.3, 0.4) is 0 Å². The zero-order valence-corrected chi connectivity index (χ0v) is 7.27. The predicted molar refractivity (Wildman–Crippen MR) is 27.7 cm³/mol. The van der Waals surface area contributed by atoms with Gasteiger partial charge in [0.05, 0.1) is 0 Å². The van der Waals surface area contributed by atoms with Crippen LogP contribution in [-0.4, -0.2) is 59.9 Å². The van der Waals surface area contributed by atoms with E-state index in [0.29, 0.717) is 10.1 Å². The molecule has 4 heteroatoms. The normalized spacial score (nSPS) is 1.00. The second-order valence-corrected chi connectivity index (χ2v) is 0. The zero-order valence-electron chi connectivity index (χ0n) is 1.82. The van der Waals surface area contributed by atoms with Crippen LogP contribution in [-0.2, 0) is 4.46 Å². The first-order valence-electron chi connectivity index (χ1n) is 0.289. The molecule has 0 aromatic heterocycles. The maximum atomic E-state index is 8.28. The van der Waals surface area contributed by atoms with E-state index < -0.39 is 0 Å². The van der Waals surface area contributed by atoms with Gasteiger partial charge in [0, 0.05) is 0 Å². The van der Waals surface area contributed by atoms with Crippen molar-refractivity contribution in [3.8, 4) is 0 Å². The fraction of sp³-hybridized carbons (Fsp3) is 0. The molecule has 0 aliphatic heterocycles. The standard InChI is InChI=1S/In.H2OSi.Sn.5H/c;1-2;;;;;;/h;2H2;;;;;;. The van der Waals surface area contributed by atoms with Gasteiger partial charge in [-0.05, 0) is 0 Å². The number of hydrogen-bond donors (Lipinski definition) is 0. The van der Waals surface area contributed by atoms with Crippen LogP contribution < -0.4 is 0 Å². The van der Waals surface area contributed by atoms with Crippen LogP contribution >= 0.6 is 0 Å². The summed E-state index contributed by atoms with van der Waals surface area (Å²) in [6.45, 7) is 0. The fourth-order valence-corrected chi connectivity index (χ4v) is 0. The average molecular weight is 285 g/mol. The van der Waals surface area contributed by atoms with Crippen LogP contribution in [0.15, 0.2) is 0 Å². The van der Waals surface area contributed by atoms with Gasteiger partial charge in [0.2, 0.25) is 10.1 Å². The maximum absolute atomic E-state index is 8.28. The molecular weight excluding hydrogens is 278 g/mol. The molecule has 0 bridgehead atoms. The van der Waals surface area contributed by atoms with Gasteiger partial charge in [0.1, 0.15) is 0 Å². The van der Waals surface area contributed by atoms with E-state index in [2.05, 4.69) is 0 Å². The van der Waals surface area contributed by atoms with Crippen LogP contribution in [0.25, 0.3) is 0 Å². The van der Waals surface area contributed by atoms with E-state index in [0.717, 1.165) is 0 Å².